The van der Waals surface area contributed by atoms with Gasteiger partial charge in [-0.15, -0.1) is 12.4 Å². The third-order valence-electron chi connectivity index (χ3n) is 4.16. The van der Waals surface area contributed by atoms with E-state index < -0.39 is 0 Å². The van der Waals surface area contributed by atoms with Gasteiger partial charge in [-0.1, -0.05) is 29.8 Å². The molecule has 6 heteroatoms. The normalized spacial score (nSPS) is 16.9. The number of nitrogens with one attached hydrogen (secondary N) is 1. The molecule has 0 radical (unpaired) electrons. The average molecular weight is 381 g/mol. The van der Waals surface area contributed by atoms with Gasteiger partial charge < -0.3 is 15.0 Å². The van der Waals surface area contributed by atoms with Crippen LogP contribution in [0.2, 0.25) is 5.02 Å². The minimum atomic E-state index is 0. The first kappa shape index (κ1) is 19.6. The molecular formula is C19H22Cl2N2O2. The Labute approximate surface area is 159 Å². The molecule has 0 bridgehead atoms. The van der Waals surface area contributed by atoms with E-state index in [9.17, 15) is 4.79 Å². The Morgan fingerprint density at radius 3 is 2.76 bits per heavy atom. The van der Waals surface area contributed by atoms with Crippen molar-refractivity contribution in [1.29, 1.82) is 0 Å². The molecule has 3 rings (SSSR count). The van der Waals surface area contributed by atoms with Crippen LogP contribution in [0.15, 0.2) is 48.5 Å². The highest BCUT2D eigenvalue weighted by molar-refractivity contribution is 6.30. The first-order chi connectivity index (χ1) is 11.6. The Balaban J connectivity index is 0.00000225. The third kappa shape index (κ3) is 5.11. The summed E-state index contributed by atoms with van der Waals surface area (Å²) in [5, 5.41) is 4.00. The summed E-state index contributed by atoms with van der Waals surface area (Å²) in [6.07, 6.45) is 0. The molecule has 0 saturated carbocycles. The molecule has 0 spiro atoms. The van der Waals surface area contributed by atoms with Crippen LogP contribution < -0.4 is 10.1 Å². The van der Waals surface area contributed by atoms with E-state index in [1.54, 1.807) is 0 Å². The highest BCUT2D eigenvalue weighted by Crippen LogP contribution is 2.18. The Morgan fingerprint density at radius 2 is 2.04 bits per heavy atom. The van der Waals surface area contributed by atoms with Gasteiger partial charge in [0.25, 0.3) is 5.91 Å². The zero-order chi connectivity index (χ0) is 16.9. The van der Waals surface area contributed by atoms with E-state index in [2.05, 4.69) is 12.2 Å². The number of benzene rings is 2. The first-order valence-corrected chi connectivity index (χ1v) is 8.50. The quantitative estimate of drug-likeness (QED) is 0.877. The number of piperazine rings is 1. The minimum absolute atomic E-state index is 0. The fourth-order valence-corrected chi connectivity index (χ4v) is 2.90. The fourth-order valence-electron chi connectivity index (χ4n) is 2.77. The number of ether oxygens (including phenoxy) is 1. The number of halogens is 2. The molecule has 1 N–H and O–H groups in total. The van der Waals surface area contributed by atoms with Crippen molar-refractivity contribution in [3.8, 4) is 5.75 Å². The molecule has 1 saturated heterocycles. The number of hydrogen-bond donors (Lipinski definition) is 1. The lowest BCUT2D eigenvalue weighted by atomic mass is 10.1. The van der Waals surface area contributed by atoms with Gasteiger partial charge in [-0.3, -0.25) is 4.79 Å². The van der Waals surface area contributed by atoms with Gasteiger partial charge in [-0.2, -0.15) is 0 Å². The Hall–Kier alpha value is -1.75. The highest BCUT2D eigenvalue weighted by atomic mass is 35.5. The summed E-state index contributed by atoms with van der Waals surface area (Å²) in [6, 6.07) is 15.1. The molecule has 0 aliphatic carbocycles. The Bertz CT molecular complexity index is 707. The molecule has 1 unspecified atom stereocenters. The smallest absolute Gasteiger partial charge is 0.254 e. The molecule has 1 aliphatic heterocycles. The topological polar surface area (TPSA) is 41.6 Å². The lowest BCUT2D eigenvalue weighted by molar-refractivity contribution is 0.0655. The van der Waals surface area contributed by atoms with Gasteiger partial charge in [0.05, 0.1) is 0 Å². The predicted octanol–water partition coefficient (Wildman–Crippen LogP) is 3.77. The molecule has 2 aromatic rings. The second kappa shape index (κ2) is 9.09. The summed E-state index contributed by atoms with van der Waals surface area (Å²) in [4.78, 5) is 14.6. The van der Waals surface area contributed by atoms with E-state index in [-0.39, 0.29) is 24.4 Å². The van der Waals surface area contributed by atoms with Crippen molar-refractivity contribution in [3.63, 3.8) is 0 Å². The number of carbonyl (C=O) groups excluding carboxylic acids is 1. The summed E-state index contributed by atoms with van der Waals surface area (Å²) in [7, 11) is 0. The Morgan fingerprint density at radius 1 is 1.28 bits per heavy atom. The second-order valence-electron chi connectivity index (χ2n) is 5.99. The lowest BCUT2D eigenvalue weighted by Crippen LogP contribution is -2.52. The third-order valence-corrected chi connectivity index (χ3v) is 4.41. The molecule has 25 heavy (non-hydrogen) atoms. The molecule has 0 aromatic heterocycles. The number of hydrogen-bond acceptors (Lipinski definition) is 3. The molecule has 134 valence electrons. The van der Waals surface area contributed by atoms with Crippen molar-refractivity contribution in [2.75, 3.05) is 19.6 Å². The molecule has 1 atom stereocenters. The highest BCUT2D eigenvalue weighted by Gasteiger charge is 2.24. The van der Waals surface area contributed by atoms with E-state index in [1.165, 1.54) is 0 Å². The van der Waals surface area contributed by atoms with Crippen molar-refractivity contribution in [1.82, 2.24) is 10.2 Å². The monoisotopic (exact) mass is 380 g/mol. The number of carbonyl (C=O) groups is 1. The van der Waals surface area contributed by atoms with E-state index in [0.717, 1.165) is 25.2 Å². The van der Waals surface area contributed by atoms with E-state index in [1.807, 2.05) is 53.4 Å². The predicted molar refractivity (Wildman–Crippen MR) is 103 cm³/mol. The van der Waals surface area contributed by atoms with Gasteiger partial charge in [-0.25, -0.2) is 0 Å². The standard InChI is InChI=1S/C19H21ClN2O2.ClH/c1-14-12-21-9-10-22(14)19(23)16-3-2-4-18(11-16)24-13-15-5-7-17(20)8-6-15;/h2-8,11,14,21H,9-10,12-13H2,1H3;1H. The van der Waals surface area contributed by atoms with Crippen LogP contribution in [0.25, 0.3) is 0 Å². The van der Waals surface area contributed by atoms with E-state index in [4.69, 9.17) is 16.3 Å². The van der Waals surface area contributed by atoms with Crippen molar-refractivity contribution < 1.29 is 9.53 Å². The molecule has 1 heterocycles. The summed E-state index contributed by atoms with van der Waals surface area (Å²) >= 11 is 5.88. The van der Waals surface area contributed by atoms with Crippen LogP contribution in [0, 0.1) is 0 Å². The average Bonchev–Trinajstić information content (AvgIpc) is 2.61. The van der Waals surface area contributed by atoms with Gasteiger partial charge in [-0.05, 0) is 42.8 Å². The molecular weight excluding hydrogens is 359 g/mol. The van der Waals surface area contributed by atoms with Crippen LogP contribution in [-0.4, -0.2) is 36.5 Å². The summed E-state index contributed by atoms with van der Waals surface area (Å²) < 4.78 is 5.81. The summed E-state index contributed by atoms with van der Waals surface area (Å²) in [6.45, 7) is 4.90. The van der Waals surface area contributed by atoms with Gasteiger partial charge in [0.1, 0.15) is 12.4 Å². The maximum absolute atomic E-state index is 12.7. The van der Waals surface area contributed by atoms with Gasteiger partial charge in [0, 0.05) is 36.3 Å². The number of rotatable bonds is 4. The molecule has 1 aliphatic rings. The lowest BCUT2D eigenvalue weighted by Gasteiger charge is -2.34. The minimum Gasteiger partial charge on any atom is -0.489 e. The van der Waals surface area contributed by atoms with Crippen molar-refractivity contribution in [2.45, 2.75) is 19.6 Å². The van der Waals surface area contributed by atoms with Gasteiger partial charge in [0.15, 0.2) is 0 Å². The van der Waals surface area contributed by atoms with Crippen molar-refractivity contribution in [3.05, 3.63) is 64.7 Å². The van der Waals surface area contributed by atoms with Crippen LogP contribution >= 0.6 is 24.0 Å². The van der Waals surface area contributed by atoms with Gasteiger partial charge >= 0.3 is 0 Å². The maximum Gasteiger partial charge on any atom is 0.254 e. The van der Waals surface area contributed by atoms with Crippen molar-refractivity contribution in [2.24, 2.45) is 0 Å². The number of nitrogens with zero attached hydrogens (tertiary/aromatic N) is 1. The van der Waals surface area contributed by atoms with Gasteiger partial charge in [0.2, 0.25) is 0 Å². The second-order valence-corrected chi connectivity index (χ2v) is 6.43. The Kier molecular flexibility index (Phi) is 7.12. The zero-order valence-corrected chi connectivity index (χ0v) is 15.6. The fraction of sp³-hybridized carbons (Fsp3) is 0.316. The van der Waals surface area contributed by atoms with Crippen LogP contribution in [0.5, 0.6) is 5.75 Å². The molecule has 1 fully saturated rings. The van der Waals surface area contributed by atoms with Crippen LogP contribution in [0.4, 0.5) is 0 Å². The van der Waals surface area contributed by atoms with E-state index in [0.29, 0.717) is 22.9 Å². The summed E-state index contributed by atoms with van der Waals surface area (Å²) in [5.41, 5.74) is 1.70. The van der Waals surface area contributed by atoms with E-state index >= 15 is 0 Å². The molecule has 1 amide bonds. The molecule has 4 nitrogen and oxygen atoms in total. The van der Waals surface area contributed by atoms with Crippen molar-refractivity contribution >= 4 is 29.9 Å². The SMILES string of the molecule is CC1CNCCN1C(=O)c1cccc(OCc2ccc(Cl)cc2)c1.Cl. The van der Waals surface area contributed by atoms with Crippen LogP contribution in [0.3, 0.4) is 0 Å². The first-order valence-electron chi connectivity index (χ1n) is 8.12. The number of amides is 1. The largest absolute Gasteiger partial charge is 0.489 e. The molecule has 2 aromatic carbocycles. The van der Waals surface area contributed by atoms with Crippen LogP contribution in [-0.2, 0) is 6.61 Å². The maximum atomic E-state index is 12.7. The zero-order valence-electron chi connectivity index (χ0n) is 14.1. The van der Waals surface area contributed by atoms with Crippen LogP contribution in [0.1, 0.15) is 22.8 Å². The summed E-state index contributed by atoms with van der Waals surface area (Å²) in [5.74, 6) is 0.750.